The average molecular weight is 791 g/mol. The molecular weight excluding hydrogens is 744 g/mol. The minimum Gasteiger partial charge on any atom is -0.445 e. The van der Waals surface area contributed by atoms with Gasteiger partial charge in [0.2, 0.25) is 0 Å². The van der Waals surface area contributed by atoms with E-state index in [0.717, 1.165) is 117 Å². The lowest BCUT2D eigenvalue weighted by Gasteiger charge is -2.56. The van der Waals surface area contributed by atoms with E-state index in [1.54, 1.807) is 12.5 Å². The molecule has 296 valence electrons. The average Bonchev–Trinajstić information content (AvgIpc) is 3.94. The lowest BCUT2D eigenvalue weighted by atomic mass is 9.78. The molecule has 10 rings (SSSR count). The predicted octanol–water partition coefficient (Wildman–Crippen LogP) is 7.10. The van der Waals surface area contributed by atoms with E-state index in [4.69, 9.17) is 21.1 Å². The van der Waals surface area contributed by atoms with Gasteiger partial charge in [-0.25, -0.2) is 29.5 Å². The molecule has 6 aromatic rings. The van der Waals surface area contributed by atoms with Crippen molar-refractivity contribution in [3.63, 3.8) is 0 Å². The van der Waals surface area contributed by atoms with E-state index in [9.17, 15) is 9.59 Å². The highest BCUT2D eigenvalue weighted by molar-refractivity contribution is 6.33. The smallest absolute Gasteiger partial charge is 0.410 e. The number of aromatic nitrogens is 6. The second-order valence-corrected chi connectivity index (χ2v) is 15.3. The van der Waals surface area contributed by atoms with Gasteiger partial charge in [-0.1, -0.05) is 72.3 Å². The molecule has 4 aliphatic heterocycles. The van der Waals surface area contributed by atoms with Crippen LogP contribution in [0.25, 0.3) is 22.1 Å². The van der Waals surface area contributed by atoms with Crippen LogP contribution in [-0.2, 0) is 22.7 Å². The first-order valence-electron chi connectivity index (χ1n) is 19.6. The molecular formula is C42H47ClN10O4. The molecule has 2 atom stereocenters. The second-order valence-electron chi connectivity index (χ2n) is 15.0. The molecule has 2 amide bonds. The Morgan fingerprint density at radius 3 is 1.82 bits per heavy atom. The van der Waals surface area contributed by atoms with Crippen LogP contribution in [0.3, 0.4) is 0 Å². The number of amides is 2. The number of fused-ring (bicyclic) bond motifs is 2. The number of aromatic amines is 2. The van der Waals surface area contributed by atoms with Gasteiger partial charge in [0.1, 0.15) is 48.1 Å². The monoisotopic (exact) mass is 790 g/mol. The van der Waals surface area contributed by atoms with Gasteiger partial charge in [0.25, 0.3) is 0 Å². The zero-order valence-electron chi connectivity index (χ0n) is 31.8. The topological polar surface area (TPSA) is 157 Å². The SMILES string of the molecule is Clc1ncnc2[nH]ccc12.O=C(OCc1ccccc1)N1CCC12CCCN(c1ncnc3[nH]ccc13)C2.O=C(OCc1ccccc1)N1CCC12CCCNC2. The summed E-state index contributed by atoms with van der Waals surface area (Å²) in [7, 11) is 0. The van der Waals surface area contributed by atoms with Gasteiger partial charge in [-0.2, -0.15) is 0 Å². The minimum absolute atomic E-state index is 0.0338. The molecule has 2 spiro atoms. The Kier molecular flexibility index (Phi) is 11.5. The highest BCUT2D eigenvalue weighted by atomic mass is 35.5. The molecule has 3 N–H and O–H groups in total. The van der Waals surface area contributed by atoms with Crippen molar-refractivity contribution in [2.75, 3.05) is 44.2 Å². The van der Waals surface area contributed by atoms with Gasteiger partial charge in [0, 0.05) is 45.1 Å². The molecule has 15 heteroatoms. The number of piperidine rings is 2. The van der Waals surface area contributed by atoms with E-state index in [1.165, 1.54) is 6.33 Å². The maximum absolute atomic E-state index is 12.7. The summed E-state index contributed by atoms with van der Waals surface area (Å²) in [6, 6.07) is 23.5. The Labute approximate surface area is 336 Å². The summed E-state index contributed by atoms with van der Waals surface area (Å²) in [4.78, 5) is 53.7. The van der Waals surface area contributed by atoms with Crippen LogP contribution in [0, 0.1) is 0 Å². The van der Waals surface area contributed by atoms with Crippen LogP contribution in [0.4, 0.5) is 15.4 Å². The lowest BCUT2D eigenvalue weighted by molar-refractivity contribution is -0.0298. The van der Waals surface area contributed by atoms with Crippen LogP contribution >= 0.6 is 11.6 Å². The molecule has 4 aromatic heterocycles. The van der Waals surface area contributed by atoms with Crippen molar-refractivity contribution in [3.8, 4) is 0 Å². The molecule has 0 aliphatic carbocycles. The maximum atomic E-state index is 12.7. The van der Waals surface area contributed by atoms with E-state index >= 15 is 0 Å². The molecule has 0 radical (unpaired) electrons. The summed E-state index contributed by atoms with van der Waals surface area (Å²) in [6.07, 6.45) is 12.7. The number of rotatable bonds is 5. The first kappa shape index (κ1) is 38.2. The number of hydrogen-bond donors (Lipinski definition) is 3. The number of halogens is 1. The molecule has 4 saturated heterocycles. The number of carbonyl (C=O) groups is 2. The van der Waals surface area contributed by atoms with E-state index in [1.807, 2.05) is 88.8 Å². The number of ether oxygens (including phenoxy) is 2. The van der Waals surface area contributed by atoms with Crippen LogP contribution < -0.4 is 10.2 Å². The van der Waals surface area contributed by atoms with E-state index in [2.05, 4.69) is 40.1 Å². The van der Waals surface area contributed by atoms with Crippen molar-refractivity contribution in [2.24, 2.45) is 0 Å². The number of H-pyrrole nitrogens is 2. The van der Waals surface area contributed by atoms with E-state index in [0.29, 0.717) is 18.4 Å². The zero-order chi connectivity index (χ0) is 39.1. The molecule has 57 heavy (non-hydrogen) atoms. The zero-order valence-corrected chi connectivity index (χ0v) is 32.5. The maximum Gasteiger partial charge on any atom is 0.410 e. The standard InChI is InChI=1S/C21H23N5O2.C15H20N2O2.C6H4ClN3/c27-20(28-13-16-5-2-1-3-6-16)26-12-9-21(26)8-4-11-25(14-21)19-17-7-10-22-18(17)23-15-24-19;18-14(19-11-13-5-2-1-3-6-13)17-10-8-15(17)7-4-9-16-12-15;7-5-4-1-2-8-6(4)10-3-9-5/h1-3,5-7,10,15H,4,8-9,11-14H2,(H,22,23,24);1-3,5-6,16H,4,7-12H2;1-3H,(H,8,9,10). The molecule has 14 nitrogen and oxygen atoms in total. The van der Waals surface area contributed by atoms with Crippen molar-refractivity contribution < 1.29 is 19.1 Å². The van der Waals surface area contributed by atoms with E-state index < -0.39 is 0 Å². The molecule has 2 unspecified atom stereocenters. The molecule has 4 aliphatic rings. The number of nitrogens with one attached hydrogen (secondary N) is 3. The third-order valence-electron chi connectivity index (χ3n) is 11.5. The highest BCUT2D eigenvalue weighted by Gasteiger charge is 2.51. The fourth-order valence-electron chi connectivity index (χ4n) is 8.31. The van der Waals surface area contributed by atoms with Gasteiger partial charge < -0.3 is 39.5 Å². The van der Waals surface area contributed by atoms with Crippen LogP contribution in [-0.4, -0.2) is 102 Å². The fraction of sp³-hybridized carbons (Fsp3) is 0.381. The first-order valence-corrected chi connectivity index (χ1v) is 19.9. The number of anilines is 1. The molecule has 0 bridgehead atoms. The Bertz CT molecular complexity index is 2260. The summed E-state index contributed by atoms with van der Waals surface area (Å²) < 4.78 is 11.0. The van der Waals surface area contributed by atoms with Gasteiger partial charge in [-0.15, -0.1) is 0 Å². The van der Waals surface area contributed by atoms with Gasteiger partial charge in [-0.05, 0) is 68.3 Å². The summed E-state index contributed by atoms with van der Waals surface area (Å²) in [5.74, 6) is 0.940. The van der Waals surface area contributed by atoms with Crippen molar-refractivity contribution in [2.45, 2.75) is 62.8 Å². The number of hydrogen-bond acceptors (Lipinski definition) is 10. The summed E-state index contributed by atoms with van der Waals surface area (Å²) >= 11 is 5.73. The molecule has 2 aromatic carbocycles. The summed E-state index contributed by atoms with van der Waals surface area (Å²) in [5.41, 5.74) is 3.54. The number of benzene rings is 2. The second kappa shape index (κ2) is 17.2. The van der Waals surface area contributed by atoms with Gasteiger partial charge in [0.15, 0.2) is 0 Å². The van der Waals surface area contributed by atoms with Crippen molar-refractivity contribution in [1.82, 2.24) is 45.0 Å². The minimum atomic E-state index is -0.216. The third-order valence-corrected chi connectivity index (χ3v) is 11.8. The Morgan fingerprint density at radius 1 is 0.667 bits per heavy atom. The Balaban J connectivity index is 0.000000134. The molecule has 0 saturated carbocycles. The normalized spacial score (nSPS) is 21.2. The summed E-state index contributed by atoms with van der Waals surface area (Å²) in [6.45, 7) is 5.95. The van der Waals surface area contributed by atoms with Crippen LogP contribution in [0.15, 0.2) is 97.8 Å². The van der Waals surface area contributed by atoms with Crippen molar-refractivity contribution in [1.29, 1.82) is 0 Å². The van der Waals surface area contributed by atoms with Crippen LogP contribution in [0.2, 0.25) is 5.15 Å². The largest absolute Gasteiger partial charge is 0.445 e. The van der Waals surface area contributed by atoms with Crippen molar-refractivity contribution >= 4 is 51.7 Å². The summed E-state index contributed by atoms with van der Waals surface area (Å²) in [5, 5.41) is 5.77. The van der Waals surface area contributed by atoms with E-state index in [-0.39, 0.29) is 23.3 Å². The predicted molar refractivity (Wildman–Crippen MR) is 218 cm³/mol. The third kappa shape index (κ3) is 8.37. The Morgan fingerprint density at radius 2 is 1.25 bits per heavy atom. The van der Waals surface area contributed by atoms with Crippen molar-refractivity contribution in [3.05, 3.63) is 114 Å². The van der Waals surface area contributed by atoms with Gasteiger partial charge in [-0.3, -0.25) is 0 Å². The number of likely N-dealkylation sites (tertiary alicyclic amines) is 2. The first-order chi connectivity index (χ1) is 27.9. The number of carbonyl (C=O) groups excluding carboxylic acids is 2. The number of nitrogens with zero attached hydrogens (tertiary/aromatic N) is 7. The van der Waals surface area contributed by atoms with Gasteiger partial charge in [0.05, 0.1) is 21.9 Å². The van der Waals surface area contributed by atoms with Crippen LogP contribution in [0.1, 0.15) is 49.7 Å². The lowest BCUT2D eigenvalue weighted by Crippen LogP contribution is -2.68. The quantitative estimate of drug-likeness (QED) is 0.154. The molecule has 4 fully saturated rings. The van der Waals surface area contributed by atoms with Gasteiger partial charge >= 0.3 is 12.2 Å². The van der Waals surface area contributed by atoms with Crippen LogP contribution in [0.5, 0.6) is 0 Å². The fourth-order valence-corrected chi connectivity index (χ4v) is 8.50. The molecule has 8 heterocycles. The highest BCUT2D eigenvalue weighted by Crippen LogP contribution is 2.41. The Hall–Kier alpha value is -5.73.